The van der Waals surface area contributed by atoms with Gasteiger partial charge in [0.15, 0.2) is 5.75 Å². The summed E-state index contributed by atoms with van der Waals surface area (Å²) in [5.41, 5.74) is 4.20. The van der Waals surface area contributed by atoms with Crippen molar-refractivity contribution in [3.05, 3.63) is 84.2 Å². The van der Waals surface area contributed by atoms with Gasteiger partial charge in [-0.05, 0) is 48.9 Å². The van der Waals surface area contributed by atoms with Crippen molar-refractivity contribution < 1.29 is 4.74 Å². The standard InChI is InChI=1S/C21H19N3O/c1-15-11-12-17-19(13-15)24-21(23-17)14-22-18-9-5-6-10-20(18)25-16-7-3-2-4-8-16/h2-13,22H,14H2,1H3,(H,23,24). The molecule has 0 saturated heterocycles. The molecule has 0 spiro atoms. The van der Waals surface area contributed by atoms with E-state index in [1.54, 1.807) is 0 Å². The number of para-hydroxylation sites is 3. The van der Waals surface area contributed by atoms with E-state index >= 15 is 0 Å². The van der Waals surface area contributed by atoms with Crippen LogP contribution in [-0.4, -0.2) is 9.97 Å². The molecular formula is C21H19N3O. The van der Waals surface area contributed by atoms with E-state index in [9.17, 15) is 0 Å². The highest BCUT2D eigenvalue weighted by molar-refractivity contribution is 5.75. The zero-order valence-corrected chi connectivity index (χ0v) is 14.0. The Hall–Kier alpha value is -3.27. The third-order valence-corrected chi connectivity index (χ3v) is 3.99. The molecule has 2 N–H and O–H groups in total. The number of hydrogen-bond acceptors (Lipinski definition) is 3. The maximum absolute atomic E-state index is 5.98. The average Bonchev–Trinajstić information content (AvgIpc) is 3.04. The second kappa shape index (κ2) is 6.69. The third-order valence-electron chi connectivity index (χ3n) is 3.99. The van der Waals surface area contributed by atoms with Gasteiger partial charge in [0.25, 0.3) is 0 Å². The molecule has 0 aliphatic heterocycles. The molecular weight excluding hydrogens is 310 g/mol. The number of aryl methyl sites for hydroxylation is 1. The third kappa shape index (κ3) is 3.48. The van der Waals surface area contributed by atoms with Crippen LogP contribution in [0.25, 0.3) is 11.0 Å². The molecule has 0 saturated carbocycles. The van der Waals surface area contributed by atoms with Gasteiger partial charge in [-0.1, -0.05) is 36.4 Å². The van der Waals surface area contributed by atoms with Crippen LogP contribution in [0.4, 0.5) is 5.69 Å². The van der Waals surface area contributed by atoms with Gasteiger partial charge < -0.3 is 15.0 Å². The van der Waals surface area contributed by atoms with Crippen molar-refractivity contribution in [1.82, 2.24) is 9.97 Å². The molecule has 0 atom stereocenters. The van der Waals surface area contributed by atoms with E-state index in [4.69, 9.17) is 4.74 Å². The van der Waals surface area contributed by atoms with Crippen LogP contribution in [0.1, 0.15) is 11.4 Å². The van der Waals surface area contributed by atoms with Crippen LogP contribution < -0.4 is 10.1 Å². The summed E-state index contributed by atoms with van der Waals surface area (Å²) in [6.45, 7) is 2.68. The number of benzene rings is 3. The first kappa shape index (κ1) is 15.3. The zero-order valence-electron chi connectivity index (χ0n) is 14.0. The number of imidazole rings is 1. The summed E-state index contributed by atoms with van der Waals surface area (Å²) >= 11 is 0. The number of hydrogen-bond donors (Lipinski definition) is 2. The van der Waals surface area contributed by atoms with Crippen molar-refractivity contribution in [2.45, 2.75) is 13.5 Å². The summed E-state index contributed by atoms with van der Waals surface area (Å²) in [7, 11) is 0. The first-order valence-electron chi connectivity index (χ1n) is 8.29. The van der Waals surface area contributed by atoms with E-state index < -0.39 is 0 Å². The lowest BCUT2D eigenvalue weighted by molar-refractivity contribution is 0.484. The summed E-state index contributed by atoms with van der Waals surface area (Å²) in [6, 6.07) is 23.9. The molecule has 1 aromatic heterocycles. The van der Waals surface area contributed by atoms with Crippen LogP contribution in [0.3, 0.4) is 0 Å². The Morgan fingerprint density at radius 1 is 0.960 bits per heavy atom. The van der Waals surface area contributed by atoms with Gasteiger partial charge in [0, 0.05) is 0 Å². The van der Waals surface area contributed by atoms with E-state index in [1.807, 2.05) is 60.7 Å². The molecule has 0 unspecified atom stereocenters. The topological polar surface area (TPSA) is 49.9 Å². The normalized spacial score (nSPS) is 10.8. The Bertz CT molecular complexity index is 992. The van der Waals surface area contributed by atoms with Crippen molar-refractivity contribution in [1.29, 1.82) is 0 Å². The lowest BCUT2D eigenvalue weighted by Crippen LogP contribution is -2.02. The van der Waals surface area contributed by atoms with Gasteiger partial charge in [-0.15, -0.1) is 0 Å². The van der Waals surface area contributed by atoms with Crippen molar-refractivity contribution in [2.24, 2.45) is 0 Å². The van der Waals surface area contributed by atoms with E-state index in [-0.39, 0.29) is 0 Å². The van der Waals surface area contributed by atoms with E-state index in [1.165, 1.54) is 5.56 Å². The number of aromatic amines is 1. The molecule has 0 amide bonds. The van der Waals surface area contributed by atoms with Gasteiger partial charge in [0.05, 0.1) is 23.3 Å². The molecule has 0 bridgehead atoms. The zero-order chi connectivity index (χ0) is 17.1. The number of fused-ring (bicyclic) bond motifs is 1. The molecule has 4 aromatic rings. The van der Waals surface area contributed by atoms with Crippen LogP contribution in [0.2, 0.25) is 0 Å². The Labute approximate surface area is 146 Å². The Kier molecular flexibility index (Phi) is 4.09. The number of H-pyrrole nitrogens is 1. The van der Waals surface area contributed by atoms with Crippen LogP contribution in [0.5, 0.6) is 11.5 Å². The van der Waals surface area contributed by atoms with Crippen molar-refractivity contribution >= 4 is 16.7 Å². The van der Waals surface area contributed by atoms with E-state index in [0.717, 1.165) is 34.0 Å². The van der Waals surface area contributed by atoms with E-state index in [2.05, 4.69) is 34.3 Å². The van der Waals surface area contributed by atoms with Gasteiger partial charge in [0.1, 0.15) is 11.6 Å². The van der Waals surface area contributed by atoms with Gasteiger partial charge in [-0.2, -0.15) is 0 Å². The minimum atomic E-state index is 0.600. The Balaban J connectivity index is 1.52. The maximum Gasteiger partial charge on any atom is 0.150 e. The molecule has 0 radical (unpaired) electrons. The molecule has 3 aromatic carbocycles. The SMILES string of the molecule is Cc1ccc2nc(CNc3ccccc3Oc3ccccc3)[nH]c2c1. The first-order valence-corrected chi connectivity index (χ1v) is 8.29. The summed E-state index contributed by atoms with van der Waals surface area (Å²) in [6.07, 6.45) is 0. The number of ether oxygens (including phenoxy) is 1. The summed E-state index contributed by atoms with van der Waals surface area (Å²) in [5.74, 6) is 2.51. The van der Waals surface area contributed by atoms with Gasteiger partial charge in [-0.25, -0.2) is 4.98 Å². The molecule has 1 heterocycles. The number of nitrogens with zero attached hydrogens (tertiary/aromatic N) is 1. The average molecular weight is 329 g/mol. The monoisotopic (exact) mass is 329 g/mol. The van der Waals surface area contributed by atoms with Crippen LogP contribution >= 0.6 is 0 Å². The van der Waals surface area contributed by atoms with Crippen LogP contribution in [0, 0.1) is 6.92 Å². The van der Waals surface area contributed by atoms with Crippen LogP contribution in [0.15, 0.2) is 72.8 Å². The summed E-state index contributed by atoms with van der Waals surface area (Å²) < 4.78 is 5.98. The fourth-order valence-corrected chi connectivity index (χ4v) is 2.76. The molecule has 0 aliphatic rings. The fraction of sp³-hybridized carbons (Fsp3) is 0.0952. The largest absolute Gasteiger partial charge is 0.455 e. The lowest BCUT2D eigenvalue weighted by Gasteiger charge is -2.12. The Morgan fingerprint density at radius 3 is 2.64 bits per heavy atom. The smallest absolute Gasteiger partial charge is 0.150 e. The lowest BCUT2D eigenvalue weighted by atomic mass is 10.2. The summed E-state index contributed by atoms with van der Waals surface area (Å²) in [5, 5.41) is 3.41. The summed E-state index contributed by atoms with van der Waals surface area (Å²) in [4.78, 5) is 7.99. The predicted molar refractivity (Wildman–Crippen MR) is 101 cm³/mol. The second-order valence-electron chi connectivity index (χ2n) is 5.97. The molecule has 124 valence electrons. The van der Waals surface area contributed by atoms with Crippen LogP contribution in [-0.2, 0) is 6.54 Å². The van der Waals surface area contributed by atoms with Gasteiger partial charge in [0.2, 0.25) is 0 Å². The first-order chi connectivity index (χ1) is 12.3. The predicted octanol–water partition coefficient (Wildman–Crippen LogP) is 5.28. The maximum atomic E-state index is 5.98. The van der Waals surface area contributed by atoms with Gasteiger partial charge >= 0.3 is 0 Å². The molecule has 25 heavy (non-hydrogen) atoms. The Morgan fingerprint density at radius 2 is 1.76 bits per heavy atom. The minimum Gasteiger partial charge on any atom is -0.455 e. The highest BCUT2D eigenvalue weighted by atomic mass is 16.5. The molecule has 0 fully saturated rings. The highest BCUT2D eigenvalue weighted by Crippen LogP contribution is 2.29. The van der Waals surface area contributed by atoms with Crippen molar-refractivity contribution in [2.75, 3.05) is 5.32 Å². The quantitative estimate of drug-likeness (QED) is 0.524. The highest BCUT2D eigenvalue weighted by Gasteiger charge is 2.06. The molecule has 0 aliphatic carbocycles. The van der Waals surface area contributed by atoms with Crippen molar-refractivity contribution in [3.63, 3.8) is 0 Å². The van der Waals surface area contributed by atoms with E-state index in [0.29, 0.717) is 6.54 Å². The molecule has 4 heteroatoms. The minimum absolute atomic E-state index is 0.600. The number of rotatable bonds is 5. The molecule has 4 rings (SSSR count). The number of aromatic nitrogens is 2. The van der Waals surface area contributed by atoms with Gasteiger partial charge in [-0.3, -0.25) is 0 Å². The fourth-order valence-electron chi connectivity index (χ4n) is 2.76. The number of anilines is 1. The van der Waals surface area contributed by atoms with Crippen molar-refractivity contribution in [3.8, 4) is 11.5 Å². The molecule has 4 nitrogen and oxygen atoms in total. The number of nitrogens with one attached hydrogen (secondary N) is 2. The second-order valence-corrected chi connectivity index (χ2v) is 5.97.